The molecule has 4 nitrogen and oxygen atoms in total. The summed E-state index contributed by atoms with van der Waals surface area (Å²) in [4.78, 5) is 4.27. The van der Waals surface area contributed by atoms with Crippen LogP contribution in [0.5, 0.6) is 0 Å². The lowest BCUT2D eigenvalue weighted by Crippen LogP contribution is -2.01. The third kappa shape index (κ3) is 2.34. The van der Waals surface area contributed by atoms with Crippen LogP contribution in [-0.2, 0) is 6.54 Å². The summed E-state index contributed by atoms with van der Waals surface area (Å²) in [6.07, 6.45) is 3.68. The number of rotatable bonds is 3. The molecule has 0 amide bonds. The number of aromatic nitrogens is 3. The number of hydrogen-bond donors (Lipinski definition) is 2. The van der Waals surface area contributed by atoms with Crippen LogP contribution in [0.3, 0.4) is 0 Å². The van der Waals surface area contributed by atoms with Gasteiger partial charge in [0.15, 0.2) is 0 Å². The molecule has 0 fully saturated rings. The molecule has 0 spiro atoms. The number of pyridine rings is 1. The fraction of sp³-hybridized carbons (Fsp3) is 0.273. The monoisotopic (exact) mass is 202 g/mol. The Morgan fingerprint density at radius 2 is 2.13 bits per heavy atom. The molecule has 0 saturated heterocycles. The van der Waals surface area contributed by atoms with E-state index in [1.165, 1.54) is 5.56 Å². The number of nitrogens with one attached hydrogen (secondary N) is 2. The highest BCUT2D eigenvalue weighted by Gasteiger charge is 1.99. The predicted octanol–water partition coefficient (Wildman–Crippen LogP) is 2.03. The van der Waals surface area contributed by atoms with Crippen LogP contribution in [0.15, 0.2) is 24.5 Å². The van der Waals surface area contributed by atoms with Crippen LogP contribution in [-0.4, -0.2) is 15.2 Å². The smallest absolute Gasteiger partial charge is 0.126 e. The molecular formula is C11H14N4. The third-order valence-electron chi connectivity index (χ3n) is 2.31. The molecule has 4 heteroatoms. The van der Waals surface area contributed by atoms with Crippen molar-refractivity contribution >= 4 is 5.82 Å². The van der Waals surface area contributed by atoms with E-state index in [0.29, 0.717) is 0 Å². The number of aromatic amines is 1. The predicted molar refractivity (Wildman–Crippen MR) is 59.6 cm³/mol. The first-order chi connectivity index (χ1) is 7.25. The number of nitrogens with zero attached hydrogens (tertiary/aromatic N) is 2. The van der Waals surface area contributed by atoms with Gasteiger partial charge >= 0.3 is 0 Å². The Labute approximate surface area is 88.8 Å². The van der Waals surface area contributed by atoms with Crippen LogP contribution >= 0.6 is 0 Å². The first-order valence-electron chi connectivity index (χ1n) is 4.91. The lowest BCUT2D eigenvalue weighted by Gasteiger charge is -2.04. The van der Waals surface area contributed by atoms with Gasteiger partial charge in [0.2, 0.25) is 0 Å². The largest absolute Gasteiger partial charge is 0.366 e. The molecule has 0 radical (unpaired) electrons. The first kappa shape index (κ1) is 9.71. The topological polar surface area (TPSA) is 53.6 Å². The lowest BCUT2D eigenvalue weighted by atomic mass is 10.2. The molecule has 2 rings (SSSR count). The lowest BCUT2D eigenvalue weighted by molar-refractivity contribution is 1.04. The quantitative estimate of drug-likeness (QED) is 0.800. The second-order valence-electron chi connectivity index (χ2n) is 3.59. The summed E-state index contributed by atoms with van der Waals surface area (Å²) < 4.78 is 0. The molecule has 78 valence electrons. The van der Waals surface area contributed by atoms with E-state index >= 15 is 0 Å². The van der Waals surface area contributed by atoms with Gasteiger partial charge in [0, 0.05) is 24.0 Å². The number of hydrogen-bond acceptors (Lipinski definition) is 3. The minimum absolute atomic E-state index is 0.748. The normalized spacial score (nSPS) is 10.3. The van der Waals surface area contributed by atoms with Gasteiger partial charge in [-0.2, -0.15) is 5.10 Å². The molecule has 0 aliphatic carbocycles. The highest BCUT2D eigenvalue weighted by molar-refractivity contribution is 5.36. The van der Waals surface area contributed by atoms with E-state index in [1.54, 1.807) is 0 Å². The fourth-order valence-corrected chi connectivity index (χ4v) is 1.31. The summed E-state index contributed by atoms with van der Waals surface area (Å²) in [5.74, 6) is 0.890. The SMILES string of the molecule is Cc1ccc(NCc2cn[nH]c2C)nc1. The van der Waals surface area contributed by atoms with Gasteiger partial charge in [-0.25, -0.2) is 4.98 Å². The number of anilines is 1. The Morgan fingerprint density at radius 1 is 1.27 bits per heavy atom. The van der Waals surface area contributed by atoms with Crippen molar-refractivity contribution < 1.29 is 0 Å². The molecule has 0 atom stereocenters. The molecule has 0 aliphatic heterocycles. The maximum Gasteiger partial charge on any atom is 0.126 e. The average Bonchev–Trinajstić information content (AvgIpc) is 2.63. The Hall–Kier alpha value is -1.84. The van der Waals surface area contributed by atoms with Crippen LogP contribution < -0.4 is 5.32 Å². The Balaban J connectivity index is 1.99. The Bertz CT molecular complexity index is 430. The first-order valence-corrected chi connectivity index (χ1v) is 4.91. The molecule has 2 N–H and O–H groups in total. The van der Waals surface area contributed by atoms with Gasteiger partial charge < -0.3 is 5.32 Å². The fourth-order valence-electron chi connectivity index (χ4n) is 1.31. The number of aryl methyl sites for hydroxylation is 2. The van der Waals surface area contributed by atoms with Crippen LogP contribution in [0, 0.1) is 13.8 Å². The zero-order valence-corrected chi connectivity index (χ0v) is 8.91. The van der Waals surface area contributed by atoms with Gasteiger partial charge in [-0.05, 0) is 25.5 Å². The molecule has 0 bridgehead atoms. The van der Waals surface area contributed by atoms with Gasteiger partial charge in [-0.15, -0.1) is 0 Å². The summed E-state index contributed by atoms with van der Waals surface area (Å²) in [5, 5.41) is 10.1. The second kappa shape index (κ2) is 4.13. The van der Waals surface area contributed by atoms with Gasteiger partial charge in [0.1, 0.15) is 5.82 Å². The van der Waals surface area contributed by atoms with Gasteiger partial charge in [0.25, 0.3) is 0 Å². The summed E-state index contributed by atoms with van der Waals surface area (Å²) in [7, 11) is 0. The molecule has 2 heterocycles. The van der Waals surface area contributed by atoms with Crippen molar-refractivity contribution in [3.63, 3.8) is 0 Å². The molecule has 15 heavy (non-hydrogen) atoms. The maximum absolute atomic E-state index is 4.27. The van der Waals surface area contributed by atoms with Crippen molar-refractivity contribution in [1.29, 1.82) is 0 Å². The minimum atomic E-state index is 0.748. The minimum Gasteiger partial charge on any atom is -0.366 e. The molecular weight excluding hydrogens is 188 g/mol. The maximum atomic E-state index is 4.27. The summed E-state index contributed by atoms with van der Waals surface area (Å²) >= 11 is 0. The van der Waals surface area contributed by atoms with Crippen LogP contribution in [0.4, 0.5) is 5.82 Å². The zero-order valence-electron chi connectivity index (χ0n) is 8.91. The average molecular weight is 202 g/mol. The second-order valence-corrected chi connectivity index (χ2v) is 3.59. The Morgan fingerprint density at radius 3 is 2.73 bits per heavy atom. The zero-order chi connectivity index (χ0) is 10.7. The van der Waals surface area contributed by atoms with E-state index < -0.39 is 0 Å². The molecule has 0 saturated carbocycles. The van der Waals surface area contributed by atoms with Crippen molar-refractivity contribution in [2.24, 2.45) is 0 Å². The van der Waals surface area contributed by atoms with Crippen LogP contribution in [0.1, 0.15) is 16.8 Å². The van der Waals surface area contributed by atoms with E-state index in [4.69, 9.17) is 0 Å². The molecule has 2 aromatic rings. The summed E-state index contributed by atoms with van der Waals surface area (Å²) in [6.45, 7) is 4.78. The summed E-state index contributed by atoms with van der Waals surface area (Å²) in [5.41, 5.74) is 3.42. The standard InChI is InChI=1S/C11H14N4/c1-8-3-4-11(12-5-8)13-6-10-7-14-15-9(10)2/h3-5,7H,6H2,1-2H3,(H,12,13)(H,14,15). The summed E-state index contributed by atoms with van der Waals surface area (Å²) in [6, 6.07) is 4.02. The molecule has 0 unspecified atom stereocenters. The van der Waals surface area contributed by atoms with E-state index in [9.17, 15) is 0 Å². The van der Waals surface area contributed by atoms with E-state index in [-0.39, 0.29) is 0 Å². The van der Waals surface area contributed by atoms with Crippen LogP contribution in [0.25, 0.3) is 0 Å². The van der Waals surface area contributed by atoms with Crippen molar-refractivity contribution in [2.75, 3.05) is 5.32 Å². The highest BCUT2D eigenvalue weighted by atomic mass is 15.1. The van der Waals surface area contributed by atoms with Crippen molar-refractivity contribution in [1.82, 2.24) is 15.2 Å². The van der Waals surface area contributed by atoms with Crippen molar-refractivity contribution in [3.05, 3.63) is 41.3 Å². The van der Waals surface area contributed by atoms with Crippen molar-refractivity contribution in [2.45, 2.75) is 20.4 Å². The van der Waals surface area contributed by atoms with Crippen LogP contribution in [0.2, 0.25) is 0 Å². The van der Waals surface area contributed by atoms with E-state index in [0.717, 1.165) is 23.6 Å². The highest BCUT2D eigenvalue weighted by Crippen LogP contribution is 2.08. The molecule has 0 aromatic carbocycles. The van der Waals surface area contributed by atoms with Gasteiger partial charge in [-0.3, -0.25) is 5.10 Å². The number of H-pyrrole nitrogens is 1. The van der Waals surface area contributed by atoms with E-state index in [2.05, 4.69) is 20.5 Å². The van der Waals surface area contributed by atoms with Gasteiger partial charge in [0.05, 0.1) is 6.20 Å². The van der Waals surface area contributed by atoms with E-state index in [1.807, 2.05) is 38.4 Å². The molecule has 2 aromatic heterocycles. The van der Waals surface area contributed by atoms with Gasteiger partial charge in [-0.1, -0.05) is 6.07 Å². The Kier molecular flexibility index (Phi) is 2.67. The van der Waals surface area contributed by atoms with Crippen molar-refractivity contribution in [3.8, 4) is 0 Å². The molecule has 0 aliphatic rings. The third-order valence-corrected chi connectivity index (χ3v) is 2.31.